The van der Waals surface area contributed by atoms with Gasteiger partial charge in [-0.3, -0.25) is 0 Å². The van der Waals surface area contributed by atoms with Crippen LogP contribution in [0.4, 0.5) is 11.8 Å². The molecule has 138 valence electrons. The number of nitrogens with one attached hydrogen (secondary N) is 1. The lowest BCUT2D eigenvalue weighted by Crippen LogP contribution is -2.35. The normalized spacial score (nSPS) is 15.0. The second kappa shape index (κ2) is 8.21. The van der Waals surface area contributed by atoms with Gasteiger partial charge in [0.1, 0.15) is 5.82 Å². The molecule has 0 unspecified atom stereocenters. The van der Waals surface area contributed by atoms with Crippen LogP contribution in [0.15, 0.2) is 67.3 Å². The molecular formula is C23H26N4. The van der Waals surface area contributed by atoms with Crippen LogP contribution in [-0.4, -0.2) is 29.6 Å². The van der Waals surface area contributed by atoms with E-state index in [0.29, 0.717) is 6.54 Å². The highest BCUT2D eigenvalue weighted by Gasteiger charge is 2.22. The number of rotatable bonds is 6. The van der Waals surface area contributed by atoms with Gasteiger partial charge in [-0.2, -0.15) is 4.98 Å². The molecule has 4 heteroatoms. The maximum absolute atomic E-state index is 4.83. The number of hydrogen-bond acceptors (Lipinski definition) is 4. The van der Waals surface area contributed by atoms with E-state index in [9.17, 15) is 0 Å². The zero-order chi connectivity index (χ0) is 18.5. The van der Waals surface area contributed by atoms with Crippen molar-refractivity contribution in [2.75, 3.05) is 29.9 Å². The Morgan fingerprint density at radius 3 is 2.52 bits per heavy atom. The van der Waals surface area contributed by atoms with Crippen LogP contribution < -0.4 is 10.2 Å². The van der Waals surface area contributed by atoms with Crippen molar-refractivity contribution in [1.29, 1.82) is 0 Å². The predicted octanol–water partition coefficient (Wildman–Crippen LogP) is 4.69. The Labute approximate surface area is 161 Å². The highest BCUT2D eigenvalue weighted by molar-refractivity contribution is 5.90. The first-order valence-electron chi connectivity index (χ1n) is 9.74. The Morgan fingerprint density at radius 2 is 1.74 bits per heavy atom. The van der Waals surface area contributed by atoms with Crippen LogP contribution in [0.5, 0.6) is 0 Å². The van der Waals surface area contributed by atoms with Gasteiger partial charge in [0.05, 0.1) is 5.52 Å². The van der Waals surface area contributed by atoms with Crippen LogP contribution in [0.3, 0.4) is 0 Å². The van der Waals surface area contributed by atoms with Crippen LogP contribution in [0.25, 0.3) is 10.9 Å². The molecule has 0 saturated carbocycles. The quantitative estimate of drug-likeness (QED) is 0.649. The summed E-state index contributed by atoms with van der Waals surface area (Å²) in [5, 5.41) is 4.42. The maximum Gasteiger partial charge on any atom is 0.227 e. The zero-order valence-electron chi connectivity index (χ0n) is 15.6. The van der Waals surface area contributed by atoms with Gasteiger partial charge in [0.2, 0.25) is 5.95 Å². The lowest BCUT2D eigenvalue weighted by Gasteiger charge is -2.32. The van der Waals surface area contributed by atoms with Crippen molar-refractivity contribution in [1.82, 2.24) is 9.97 Å². The molecule has 2 aromatic carbocycles. The average molecular weight is 358 g/mol. The summed E-state index contributed by atoms with van der Waals surface area (Å²) < 4.78 is 0. The van der Waals surface area contributed by atoms with E-state index in [2.05, 4.69) is 59.3 Å². The molecule has 2 heterocycles. The Balaban J connectivity index is 1.49. The lowest BCUT2D eigenvalue weighted by atomic mass is 9.90. The molecule has 0 bridgehead atoms. The first-order valence-corrected chi connectivity index (χ1v) is 9.74. The fourth-order valence-corrected chi connectivity index (χ4v) is 3.79. The van der Waals surface area contributed by atoms with Crippen LogP contribution in [-0.2, 0) is 6.42 Å². The lowest BCUT2D eigenvalue weighted by molar-refractivity contribution is 0.401. The molecule has 0 radical (unpaired) electrons. The number of hydrogen-bond donors (Lipinski definition) is 1. The summed E-state index contributed by atoms with van der Waals surface area (Å²) in [7, 11) is 0. The van der Waals surface area contributed by atoms with Gasteiger partial charge in [-0.05, 0) is 42.9 Å². The summed E-state index contributed by atoms with van der Waals surface area (Å²) in [6.45, 7) is 6.51. The highest BCUT2D eigenvalue weighted by Crippen LogP contribution is 2.27. The number of anilines is 2. The Bertz CT molecular complexity index is 899. The van der Waals surface area contributed by atoms with Crippen molar-refractivity contribution in [3.05, 3.63) is 72.8 Å². The van der Waals surface area contributed by atoms with E-state index in [4.69, 9.17) is 9.97 Å². The van der Waals surface area contributed by atoms with Crippen molar-refractivity contribution in [2.45, 2.75) is 19.3 Å². The fourth-order valence-electron chi connectivity index (χ4n) is 3.79. The first-order chi connectivity index (χ1) is 13.3. The van der Waals surface area contributed by atoms with Crippen LogP contribution in [0.2, 0.25) is 0 Å². The van der Waals surface area contributed by atoms with Crippen molar-refractivity contribution in [3.8, 4) is 0 Å². The van der Waals surface area contributed by atoms with Crippen LogP contribution in [0, 0.1) is 5.92 Å². The molecule has 27 heavy (non-hydrogen) atoms. The molecule has 1 fully saturated rings. The summed E-state index contributed by atoms with van der Waals surface area (Å²) in [6, 6.07) is 19.0. The highest BCUT2D eigenvalue weighted by atomic mass is 15.3. The summed E-state index contributed by atoms with van der Waals surface area (Å²) in [6.07, 6.45) is 5.38. The van der Waals surface area contributed by atoms with E-state index in [1.165, 1.54) is 24.8 Å². The third-order valence-electron chi connectivity index (χ3n) is 5.27. The van der Waals surface area contributed by atoms with Crippen LogP contribution in [0.1, 0.15) is 18.4 Å². The SMILES string of the molecule is C=CCNc1nc(N2CCC(Cc3ccccc3)CC2)nc2ccccc12. The maximum atomic E-state index is 4.83. The Kier molecular flexibility index (Phi) is 5.33. The first kappa shape index (κ1) is 17.5. The molecular weight excluding hydrogens is 332 g/mol. The van der Waals surface area contributed by atoms with Crippen LogP contribution >= 0.6 is 0 Å². The molecule has 1 aliphatic rings. The molecule has 0 aliphatic carbocycles. The summed E-state index contributed by atoms with van der Waals surface area (Å²) in [5.41, 5.74) is 2.43. The van der Waals surface area contributed by atoms with Gasteiger partial charge in [-0.15, -0.1) is 6.58 Å². The van der Waals surface area contributed by atoms with Gasteiger partial charge < -0.3 is 10.2 Å². The number of fused-ring (bicyclic) bond motifs is 1. The molecule has 1 aliphatic heterocycles. The molecule has 0 amide bonds. The second-order valence-electron chi connectivity index (χ2n) is 7.18. The third-order valence-corrected chi connectivity index (χ3v) is 5.27. The van der Waals surface area contributed by atoms with E-state index in [1.54, 1.807) is 0 Å². The second-order valence-corrected chi connectivity index (χ2v) is 7.18. The number of nitrogens with zero attached hydrogens (tertiary/aromatic N) is 3. The topological polar surface area (TPSA) is 41.1 Å². The van der Waals surface area contributed by atoms with E-state index in [1.807, 2.05) is 18.2 Å². The van der Waals surface area contributed by atoms with Gasteiger partial charge in [0.15, 0.2) is 0 Å². The standard InChI is InChI=1S/C23H26N4/c1-2-14-24-22-20-10-6-7-11-21(20)25-23(26-22)27-15-12-19(13-16-27)17-18-8-4-3-5-9-18/h2-11,19H,1,12-17H2,(H,24,25,26). The van der Waals surface area contributed by atoms with Crippen molar-refractivity contribution in [2.24, 2.45) is 5.92 Å². The van der Waals surface area contributed by atoms with E-state index in [0.717, 1.165) is 41.7 Å². The van der Waals surface area contributed by atoms with Gasteiger partial charge >= 0.3 is 0 Å². The van der Waals surface area contributed by atoms with Gasteiger partial charge in [0.25, 0.3) is 0 Å². The smallest absolute Gasteiger partial charge is 0.227 e. The number of piperidine rings is 1. The molecule has 3 aromatic rings. The molecule has 4 rings (SSSR count). The predicted molar refractivity (Wildman–Crippen MR) is 113 cm³/mol. The average Bonchev–Trinajstić information content (AvgIpc) is 2.73. The summed E-state index contributed by atoms with van der Waals surface area (Å²) in [5.74, 6) is 2.46. The van der Waals surface area contributed by atoms with E-state index < -0.39 is 0 Å². The zero-order valence-corrected chi connectivity index (χ0v) is 15.6. The van der Waals surface area contributed by atoms with E-state index >= 15 is 0 Å². The van der Waals surface area contributed by atoms with Crippen molar-refractivity contribution >= 4 is 22.7 Å². The molecule has 4 nitrogen and oxygen atoms in total. The number of para-hydroxylation sites is 1. The van der Waals surface area contributed by atoms with Crippen molar-refractivity contribution in [3.63, 3.8) is 0 Å². The third kappa shape index (κ3) is 4.11. The Hall–Kier alpha value is -2.88. The van der Waals surface area contributed by atoms with Gasteiger partial charge in [-0.25, -0.2) is 4.98 Å². The molecule has 0 spiro atoms. The molecule has 1 saturated heterocycles. The van der Waals surface area contributed by atoms with Gasteiger partial charge in [0, 0.05) is 25.0 Å². The van der Waals surface area contributed by atoms with Crippen molar-refractivity contribution < 1.29 is 0 Å². The minimum absolute atomic E-state index is 0.694. The number of aromatic nitrogens is 2. The minimum Gasteiger partial charge on any atom is -0.366 e. The minimum atomic E-state index is 0.694. The fraction of sp³-hybridized carbons (Fsp3) is 0.304. The largest absolute Gasteiger partial charge is 0.366 e. The summed E-state index contributed by atoms with van der Waals surface area (Å²) >= 11 is 0. The van der Waals surface area contributed by atoms with E-state index in [-0.39, 0.29) is 0 Å². The molecule has 1 N–H and O–H groups in total. The molecule has 1 aromatic heterocycles. The summed E-state index contributed by atoms with van der Waals surface area (Å²) in [4.78, 5) is 12.0. The Morgan fingerprint density at radius 1 is 1.00 bits per heavy atom. The monoisotopic (exact) mass is 358 g/mol. The molecule has 0 atom stereocenters. The van der Waals surface area contributed by atoms with Gasteiger partial charge in [-0.1, -0.05) is 48.5 Å². The number of benzene rings is 2.